The summed E-state index contributed by atoms with van der Waals surface area (Å²) in [6.07, 6.45) is 4.12. The van der Waals surface area contributed by atoms with Crippen LogP contribution >= 0.6 is 11.8 Å². The lowest BCUT2D eigenvalue weighted by molar-refractivity contribution is -0.135. The van der Waals surface area contributed by atoms with E-state index in [1.54, 1.807) is 11.8 Å². The van der Waals surface area contributed by atoms with Gasteiger partial charge in [-0.3, -0.25) is 14.6 Å². The number of pyridine rings is 1. The minimum atomic E-state index is -0.833. The zero-order chi connectivity index (χ0) is 21.1. The molecule has 1 saturated heterocycles. The van der Waals surface area contributed by atoms with Crippen LogP contribution in [0.3, 0.4) is 0 Å². The number of nitrogens with zero attached hydrogens (tertiary/aromatic N) is 4. The lowest BCUT2D eigenvalue weighted by Gasteiger charge is -2.21. The smallest absolute Gasteiger partial charge is 0.300 e. The third-order valence-electron chi connectivity index (χ3n) is 3.65. The molecule has 154 valence electrons. The van der Waals surface area contributed by atoms with Gasteiger partial charge in [0.25, 0.3) is 11.9 Å². The Labute approximate surface area is 168 Å². The Bertz CT molecular complexity index is 755. The van der Waals surface area contributed by atoms with Gasteiger partial charge in [0.1, 0.15) is 5.82 Å². The summed E-state index contributed by atoms with van der Waals surface area (Å²) in [5, 5.41) is 27.9. The number of hydrogen-bond donors (Lipinski definition) is 3. The van der Waals surface area contributed by atoms with Gasteiger partial charge >= 0.3 is 0 Å². The molecular formula is C18H27N5O4S. The van der Waals surface area contributed by atoms with Gasteiger partial charge in [-0.1, -0.05) is 0 Å². The maximum absolute atomic E-state index is 9.00. The van der Waals surface area contributed by atoms with E-state index in [2.05, 4.69) is 38.2 Å². The second-order valence-corrected chi connectivity index (χ2v) is 7.24. The van der Waals surface area contributed by atoms with Crippen LogP contribution in [0.4, 0.5) is 0 Å². The number of piperidine rings is 1. The molecule has 0 spiro atoms. The number of carbonyl (C=O) groups is 2. The molecule has 1 aliphatic rings. The van der Waals surface area contributed by atoms with Gasteiger partial charge in [0.2, 0.25) is 0 Å². The predicted molar refractivity (Wildman–Crippen MR) is 106 cm³/mol. The van der Waals surface area contributed by atoms with Crippen LogP contribution in [-0.4, -0.2) is 55.0 Å². The Morgan fingerprint density at radius 3 is 2.29 bits per heavy atom. The first-order chi connectivity index (χ1) is 13.2. The highest BCUT2D eigenvalue weighted by Crippen LogP contribution is 2.30. The third-order valence-corrected chi connectivity index (χ3v) is 4.68. The van der Waals surface area contributed by atoms with Gasteiger partial charge in [-0.05, 0) is 56.7 Å². The molecule has 3 N–H and O–H groups in total. The molecule has 28 heavy (non-hydrogen) atoms. The average molecular weight is 410 g/mol. The fourth-order valence-electron chi connectivity index (χ4n) is 2.54. The molecule has 3 heterocycles. The fraction of sp³-hybridized carbons (Fsp3) is 0.500. The monoisotopic (exact) mass is 409 g/mol. The van der Waals surface area contributed by atoms with Crippen molar-refractivity contribution in [3.05, 3.63) is 29.8 Å². The number of hydrogen-bond acceptors (Lipinski definition) is 7. The van der Waals surface area contributed by atoms with Crippen molar-refractivity contribution in [1.82, 2.24) is 25.1 Å². The Kier molecular flexibility index (Phi) is 10.2. The Morgan fingerprint density at radius 2 is 1.75 bits per heavy atom. The van der Waals surface area contributed by atoms with Crippen molar-refractivity contribution >= 4 is 23.7 Å². The number of carboxylic acid groups (broad SMARTS) is 2. The van der Waals surface area contributed by atoms with Crippen LogP contribution < -0.4 is 5.32 Å². The first-order valence-corrected chi connectivity index (χ1v) is 9.62. The van der Waals surface area contributed by atoms with Gasteiger partial charge in [0.15, 0.2) is 5.16 Å². The molecule has 1 fully saturated rings. The SMILES string of the molecule is CC(=O)O.CC(=O)O.Cc1cc(Sc2nnc(C3CCNCC3)n2C)ccn1. The van der Waals surface area contributed by atoms with Crippen molar-refractivity contribution in [1.29, 1.82) is 0 Å². The van der Waals surface area contributed by atoms with Gasteiger partial charge in [-0.15, -0.1) is 10.2 Å². The largest absolute Gasteiger partial charge is 0.481 e. The highest BCUT2D eigenvalue weighted by molar-refractivity contribution is 7.99. The van der Waals surface area contributed by atoms with Crippen molar-refractivity contribution in [2.24, 2.45) is 7.05 Å². The van der Waals surface area contributed by atoms with Crippen LogP contribution in [0.5, 0.6) is 0 Å². The van der Waals surface area contributed by atoms with Crippen LogP contribution in [0.25, 0.3) is 0 Å². The van der Waals surface area contributed by atoms with E-state index < -0.39 is 11.9 Å². The molecule has 10 heteroatoms. The maximum Gasteiger partial charge on any atom is 0.300 e. The zero-order valence-electron chi connectivity index (χ0n) is 16.5. The zero-order valence-corrected chi connectivity index (χ0v) is 17.4. The quantitative estimate of drug-likeness (QED) is 0.699. The van der Waals surface area contributed by atoms with Crippen molar-refractivity contribution in [2.45, 2.75) is 49.6 Å². The Hall–Kier alpha value is -2.46. The van der Waals surface area contributed by atoms with Gasteiger partial charge in [0, 0.05) is 43.6 Å². The topological polar surface area (TPSA) is 130 Å². The fourth-order valence-corrected chi connectivity index (χ4v) is 3.42. The standard InChI is InChI=1S/C14H19N5S.2C2H4O2/c1-10-9-12(5-8-16-10)20-14-18-17-13(19(14)2)11-3-6-15-7-4-11;2*1-2(3)4/h5,8-9,11,15H,3-4,6-7H2,1-2H3;2*1H3,(H,3,4). The van der Waals surface area contributed by atoms with E-state index in [1.165, 1.54) is 0 Å². The Balaban J connectivity index is 0.000000420. The van der Waals surface area contributed by atoms with Crippen molar-refractivity contribution < 1.29 is 19.8 Å². The van der Waals surface area contributed by atoms with Crippen LogP contribution in [0.15, 0.2) is 28.4 Å². The number of carboxylic acids is 2. The number of rotatable bonds is 3. The molecule has 0 aliphatic carbocycles. The van der Waals surface area contributed by atoms with Crippen LogP contribution in [0.2, 0.25) is 0 Å². The summed E-state index contributed by atoms with van der Waals surface area (Å²) in [4.78, 5) is 23.4. The summed E-state index contributed by atoms with van der Waals surface area (Å²) in [6.45, 7) is 6.31. The predicted octanol–water partition coefficient (Wildman–Crippen LogP) is 2.32. The maximum atomic E-state index is 9.00. The summed E-state index contributed by atoms with van der Waals surface area (Å²) in [5.41, 5.74) is 1.02. The van der Waals surface area contributed by atoms with Gasteiger partial charge in [-0.2, -0.15) is 0 Å². The van der Waals surface area contributed by atoms with Crippen molar-refractivity contribution in [2.75, 3.05) is 13.1 Å². The number of nitrogens with one attached hydrogen (secondary N) is 1. The highest BCUT2D eigenvalue weighted by atomic mass is 32.2. The third kappa shape index (κ3) is 8.96. The highest BCUT2D eigenvalue weighted by Gasteiger charge is 2.21. The summed E-state index contributed by atoms with van der Waals surface area (Å²) in [5.74, 6) is -0.0259. The summed E-state index contributed by atoms with van der Waals surface area (Å²) in [7, 11) is 2.06. The summed E-state index contributed by atoms with van der Waals surface area (Å²) < 4.78 is 2.14. The average Bonchev–Trinajstić information content (AvgIpc) is 2.95. The first kappa shape index (κ1) is 23.6. The summed E-state index contributed by atoms with van der Waals surface area (Å²) in [6, 6.07) is 4.08. The van der Waals surface area contributed by atoms with E-state index in [1.807, 2.05) is 19.2 Å². The van der Waals surface area contributed by atoms with E-state index in [9.17, 15) is 0 Å². The molecule has 3 rings (SSSR count). The van der Waals surface area contributed by atoms with E-state index in [0.29, 0.717) is 5.92 Å². The summed E-state index contributed by atoms with van der Waals surface area (Å²) >= 11 is 1.65. The van der Waals surface area contributed by atoms with Crippen LogP contribution in [-0.2, 0) is 16.6 Å². The van der Waals surface area contributed by atoms with E-state index in [4.69, 9.17) is 19.8 Å². The molecule has 1 aliphatic heterocycles. The number of aryl methyl sites for hydroxylation is 1. The molecule has 0 unspecified atom stereocenters. The number of aliphatic carboxylic acids is 2. The molecule has 2 aromatic rings. The molecule has 0 saturated carbocycles. The lowest BCUT2D eigenvalue weighted by Crippen LogP contribution is -2.27. The van der Waals surface area contributed by atoms with Gasteiger partial charge in [-0.25, -0.2) is 0 Å². The second-order valence-electron chi connectivity index (χ2n) is 6.20. The second kappa shape index (κ2) is 12.1. The molecule has 0 atom stereocenters. The minimum absolute atomic E-state index is 0.530. The van der Waals surface area contributed by atoms with E-state index in [0.717, 1.165) is 61.3 Å². The minimum Gasteiger partial charge on any atom is -0.481 e. The van der Waals surface area contributed by atoms with E-state index >= 15 is 0 Å². The molecule has 0 aromatic carbocycles. The van der Waals surface area contributed by atoms with E-state index in [-0.39, 0.29) is 0 Å². The molecular weight excluding hydrogens is 382 g/mol. The normalized spacial score (nSPS) is 13.6. The molecule has 0 amide bonds. The van der Waals surface area contributed by atoms with Crippen molar-refractivity contribution in [3.63, 3.8) is 0 Å². The van der Waals surface area contributed by atoms with Crippen molar-refractivity contribution in [3.8, 4) is 0 Å². The molecule has 2 aromatic heterocycles. The first-order valence-electron chi connectivity index (χ1n) is 8.80. The van der Waals surface area contributed by atoms with Crippen LogP contribution in [0.1, 0.15) is 44.1 Å². The number of aromatic nitrogens is 4. The molecule has 0 radical (unpaired) electrons. The Morgan fingerprint density at radius 1 is 1.18 bits per heavy atom. The van der Waals surface area contributed by atoms with Crippen LogP contribution in [0, 0.1) is 6.92 Å². The van der Waals surface area contributed by atoms with Gasteiger partial charge < -0.3 is 20.1 Å². The lowest BCUT2D eigenvalue weighted by atomic mass is 9.97. The van der Waals surface area contributed by atoms with Gasteiger partial charge in [0.05, 0.1) is 0 Å². The molecule has 0 bridgehead atoms. The molecule has 9 nitrogen and oxygen atoms in total.